The topological polar surface area (TPSA) is 95.7 Å². The monoisotopic (exact) mass is 313 g/mol. The normalized spacial score (nSPS) is 28.0. The number of hydrogen-bond acceptors (Lipinski definition) is 6. The minimum absolute atomic E-state index is 0.156. The van der Waals surface area contributed by atoms with Gasteiger partial charge in [0.05, 0.1) is 19.0 Å². The predicted octanol–water partition coefficient (Wildman–Crippen LogP) is 0.466. The summed E-state index contributed by atoms with van der Waals surface area (Å²) in [5.74, 6) is -0.632. The number of methoxy groups -OCH3 is 1. The van der Waals surface area contributed by atoms with Gasteiger partial charge in [-0.1, -0.05) is 12.1 Å². The largest absolute Gasteiger partial charge is 0.497 e. The Balaban J connectivity index is 2.38. The van der Waals surface area contributed by atoms with Gasteiger partial charge in [-0.15, -0.1) is 0 Å². The van der Waals surface area contributed by atoms with Crippen LogP contribution in [0.2, 0.25) is 0 Å². The van der Waals surface area contributed by atoms with Gasteiger partial charge in [-0.25, -0.2) is 13.2 Å². The molecule has 116 valence electrons. The van der Waals surface area contributed by atoms with E-state index in [-0.39, 0.29) is 6.61 Å². The fourth-order valence-electron chi connectivity index (χ4n) is 2.74. The Labute approximate surface area is 124 Å². The standard InChI is InChI=1S/C14H19NO5S/c1-4-20-13(16)14(15)11(12(14)21(3,17)18)9-5-7-10(19-2)8-6-9/h5-8,11-12H,4,15H2,1-3H3/t11-,12+,14-/m1/s1. The van der Waals surface area contributed by atoms with Crippen LogP contribution in [0.3, 0.4) is 0 Å². The molecule has 0 unspecified atom stereocenters. The number of hydrogen-bond donors (Lipinski definition) is 1. The molecular formula is C14H19NO5S. The Bertz CT molecular complexity index is 640. The van der Waals surface area contributed by atoms with E-state index in [0.29, 0.717) is 11.3 Å². The zero-order chi connectivity index (χ0) is 15.8. The molecule has 1 aromatic carbocycles. The SMILES string of the molecule is CCOC(=O)[C@@]1(N)[C@H](c2ccc(OC)cc2)[C@@H]1S(C)(=O)=O. The molecule has 1 fully saturated rings. The van der Waals surface area contributed by atoms with E-state index < -0.39 is 32.5 Å². The molecule has 0 amide bonds. The van der Waals surface area contributed by atoms with Crippen molar-refractivity contribution in [2.75, 3.05) is 20.0 Å². The number of carbonyl (C=O) groups excluding carboxylic acids is 1. The van der Waals surface area contributed by atoms with Gasteiger partial charge in [0.15, 0.2) is 9.84 Å². The Kier molecular flexibility index (Phi) is 3.99. The molecule has 0 radical (unpaired) electrons. The lowest BCUT2D eigenvalue weighted by Gasteiger charge is -2.10. The van der Waals surface area contributed by atoms with Gasteiger partial charge in [0.25, 0.3) is 0 Å². The van der Waals surface area contributed by atoms with Gasteiger partial charge in [-0.3, -0.25) is 0 Å². The summed E-state index contributed by atoms with van der Waals surface area (Å²) in [6, 6.07) is 6.85. The second-order valence-electron chi connectivity index (χ2n) is 5.15. The van der Waals surface area contributed by atoms with Crippen LogP contribution in [-0.2, 0) is 19.4 Å². The molecule has 0 saturated heterocycles. The molecule has 0 spiro atoms. The molecular weight excluding hydrogens is 294 g/mol. The highest BCUT2D eigenvalue weighted by molar-refractivity contribution is 7.91. The van der Waals surface area contributed by atoms with Gasteiger partial charge in [-0.05, 0) is 24.6 Å². The minimum atomic E-state index is -3.47. The van der Waals surface area contributed by atoms with E-state index in [0.717, 1.165) is 6.26 Å². The van der Waals surface area contributed by atoms with Crippen molar-refractivity contribution >= 4 is 15.8 Å². The molecule has 2 rings (SSSR count). The molecule has 0 bridgehead atoms. The van der Waals surface area contributed by atoms with E-state index in [1.54, 1.807) is 31.2 Å². The number of rotatable bonds is 5. The maximum absolute atomic E-state index is 12.1. The lowest BCUT2D eigenvalue weighted by molar-refractivity contribution is -0.145. The second-order valence-corrected chi connectivity index (χ2v) is 7.32. The zero-order valence-corrected chi connectivity index (χ0v) is 13.0. The predicted molar refractivity (Wildman–Crippen MR) is 77.9 cm³/mol. The van der Waals surface area contributed by atoms with Crippen molar-refractivity contribution in [2.24, 2.45) is 5.73 Å². The molecule has 0 aliphatic heterocycles. The summed E-state index contributed by atoms with van der Waals surface area (Å²) < 4.78 is 33.8. The third kappa shape index (κ3) is 2.63. The first kappa shape index (κ1) is 15.8. The van der Waals surface area contributed by atoms with E-state index in [4.69, 9.17) is 15.2 Å². The Morgan fingerprint density at radius 3 is 2.33 bits per heavy atom. The lowest BCUT2D eigenvalue weighted by atomic mass is 10.1. The minimum Gasteiger partial charge on any atom is -0.497 e. The average Bonchev–Trinajstić information content (AvgIpc) is 3.07. The molecule has 7 heteroatoms. The summed E-state index contributed by atoms with van der Waals surface area (Å²) >= 11 is 0. The van der Waals surface area contributed by atoms with E-state index in [9.17, 15) is 13.2 Å². The van der Waals surface area contributed by atoms with Gasteiger partial charge < -0.3 is 15.2 Å². The van der Waals surface area contributed by atoms with Gasteiger partial charge >= 0.3 is 5.97 Å². The van der Waals surface area contributed by atoms with Gasteiger partial charge in [-0.2, -0.15) is 0 Å². The van der Waals surface area contributed by atoms with Gasteiger partial charge in [0.1, 0.15) is 11.3 Å². The first-order chi connectivity index (χ1) is 9.76. The van der Waals surface area contributed by atoms with Crippen molar-refractivity contribution in [1.29, 1.82) is 0 Å². The number of nitrogens with two attached hydrogens (primary N) is 1. The van der Waals surface area contributed by atoms with Crippen molar-refractivity contribution in [3.05, 3.63) is 29.8 Å². The summed E-state index contributed by atoms with van der Waals surface area (Å²) in [7, 11) is -1.93. The van der Waals surface area contributed by atoms with Crippen molar-refractivity contribution in [1.82, 2.24) is 0 Å². The number of sulfone groups is 1. The molecule has 1 aliphatic carbocycles. The fraction of sp³-hybridized carbons (Fsp3) is 0.500. The van der Waals surface area contributed by atoms with Crippen molar-refractivity contribution < 1.29 is 22.7 Å². The van der Waals surface area contributed by atoms with E-state index in [1.165, 1.54) is 7.11 Å². The number of esters is 1. The molecule has 2 N–H and O–H groups in total. The molecule has 0 heterocycles. The smallest absolute Gasteiger partial charge is 0.328 e. The van der Waals surface area contributed by atoms with Crippen LogP contribution in [0.25, 0.3) is 0 Å². The molecule has 1 saturated carbocycles. The van der Waals surface area contributed by atoms with Crippen LogP contribution in [-0.4, -0.2) is 45.1 Å². The summed E-state index contributed by atoms with van der Waals surface area (Å²) in [5, 5.41) is -0.961. The molecule has 21 heavy (non-hydrogen) atoms. The van der Waals surface area contributed by atoms with Gasteiger partial charge in [0.2, 0.25) is 0 Å². The zero-order valence-electron chi connectivity index (χ0n) is 12.2. The van der Waals surface area contributed by atoms with Crippen LogP contribution in [0.4, 0.5) is 0 Å². The summed E-state index contributed by atoms with van der Waals surface area (Å²) in [4.78, 5) is 12.1. The van der Waals surface area contributed by atoms with Crippen LogP contribution in [0, 0.1) is 0 Å². The van der Waals surface area contributed by atoms with Crippen LogP contribution in [0.1, 0.15) is 18.4 Å². The Morgan fingerprint density at radius 2 is 1.90 bits per heavy atom. The van der Waals surface area contributed by atoms with Crippen molar-refractivity contribution in [2.45, 2.75) is 23.6 Å². The first-order valence-electron chi connectivity index (χ1n) is 6.55. The molecule has 6 nitrogen and oxygen atoms in total. The van der Waals surface area contributed by atoms with Crippen molar-refractivity contribution in [3.8, 4) is 5.75 Å². The molecule has 1 aliphatic rings. The van der Waals surface area contributed by atoms with Crippen LogP contribution < -0.4 is 10.5 Å². The van der Waals surface area contributed by atoms with Gasteiger partial charge in [0, 0.05) is 12.2 Å². The quantitative estimate of drug-likeness (QED) is 0.794. The molecule has 3 atom stereocenters. The highest BCUT2D eigenvalue weighted by Crippen LogP contribution is 2.54. The van der Waals surface area contributed by atoms with E-state index in [1.807, 2.05) is 0 Å². The fourth-order valence-corrected chi connectivity index (χ4v) is 4.49. The summed E-state index contributed by atoms with van der Waals surface area (Å²) in [6.07, 6.45) is 1.09. The average molecular weight is 313 g/mol. The number of carbonyl (C=O) groups is 1. The molecule has 0 aromatic heterocycles. The van der Waals surface area contributed by atoms with Crippen molar-refractivity contribution in [3.63, 3.8) is 0 Å². The third-order valence-corrected chi connectivity index (χ3v) is 5.33. The maximum atomic E-state index is 12.1. The number of benzene rings is 1. The first-order valence-corrected chi connectivity index (χ1v) is 8.51. The van der Waals surface area contributed by atoms with Crippen LogP contribution in [0.15, 0.2) is 24.3 Å². The summed E-state index contributed by atoms with van der Waals surface area (Å²) in [6.45, 7) is 1.81. The highest BCUT2D eigenvalue weighted by Gasteiger charge is 2.73. The van der Waals surface area contributed by atoms with E-state index in [2.05, 4.69) is 0 Å². The Hall–Kier alpha value is -1.60. The lowest BCUT2D eigenvalue weighted by Crippen LogP contribution is -2.41. The Morgan fingerprint density at radius 1 is 1.33 bits per heavy atom. The highest BCUT2D eigenvalue weighted by atomic mass is 32.2. The second kappa shape index (κ2) is 5.31. The number of ether oxygens (including phenoxy) is 2. The van der Waals surface area contributed by atoms with Crippen LogP contribution in [0.5, 0.6) is 5.75 Å². The van der Waals surface area contributed by atoms with Crippen LogP contribution >= 0.6 is 0 Å². The third-order valence-electron chi connectivity index (χ3n) is 3.74. The molecule has 1 aromatic rings. The van der Waals surface area contributed by atoms with E-state index >= 15 is 0 Å². The summed E-state index contributed by atoms with van der Waals surface area (Å²) in [5.41, 5.74) is 5.23. The maximum Gasteiger partial charge on any atom is 0.328 e.